The molecule has 1 heterocycles. The third-order valence-corrected chi connectivity index (χ3v) is 3.50. The molecule has 1 aliphatic rings. The summed E-state index contributed by atoms with van der Waals surface area (Å²) in [4.78, 5) is 4.40. The summed E-state index contributed by atoms with van der Waals surface area (Å²) in [6.45, 7) is 2.79. The summed E-state index contributed by atoms with van der Waals surface area (Å²) in [5, 5.41) is 7.46. The molecule has 0 spiro atoms. The summed E-state index contributed by atoms with van der Waals surface area (Å²) in [5.74, 6) is 1.33. The average molecular weight is 253 g/mol. The third-order valence-electron chi connectivity index (χ3n) is 3.50. The van der Waals surface area contributed by atoms with Gasteiger partial charge in [0, 0.05) is 13.2 Å². The molecule has 1 aromatic rings. The first kappa shape index (κ1) is 13.5. The molecule has 1 atom stereocenters. The lowest BCUT2D eigenvalue weighted by atomic mass is 10.2. The van der Waals surface area contributed by atoms with Crippen molar-refractivity contribution in [3.63, 3.8) is 0 Å². The number of ether oxygens (including phenoxy) is 1. The van der Waals surface area contributed by atoms with E-state index in [1.807, 2.05) is 0 Å². The lowest BCUT2D eigenvalue weighted by Crippen LogP contribution is -2.25. The normalized spacial score (nSPS) is 18.3. The third kappa shape index (κ3) is 3.53. The molecule has 1 aliphatic carbocycles. The molecule has 1 N–H and O–H groups in total. The lowest BCUT2D eigenvalue weighted by Gasteiger charge is -2.09. The number of hydrogen-bond donors (Lipinski definition) is 1. The summed E-state index contributed by atoms with van der Waals surface area (Å²) in [6, 6.07) is 0.620. The van der Waals surface area contributed by atoms with Crippen LogP contribution < -0.4 is 5.32 Å². The van der Waals surface area contributed by atoms with Crippen molar-refractivity contribution in [2.75, 3.05) is 7.11 Å². The molecule has 1 aromatic heterocycles. The van der Waals surface area contributed by atoms with E-state index in [0.717, 1.165) is 12.8 Å². The van der Waals surface area contributed by atoms with Crippen LogP contribution in [0.5, 0.6) is 0 Å². The summed E-state index contributed by atoms with van der Waals surface area (Å²) < 4.78 is 10.6. The van der Waals surface area contributed by atoms with Gasteiger partial charge in [0.05, 0.1) is 6.54 Å². The fourth-order valence-electron chi connectivity index (χ4n) is 2.45. The van der Waals surface area contributed by atoms with Crippen molar-refractivity contribution < 1.29 is 9.26 Å². The van der Waals surface area contributed by atoms with E-state index < -0.39 is 0 Å². The van der Waals surface area contributed by atoms with Crippen molar-refractivity contribution >= 4 is 0 Å². The van der Waals surface area contributed by atoms with Gasteiger partial charge in [0.2, 0.25) is 11.7 Å². The molecular formula is C13H23N3O2. The second-order valence-electron chi connectivity index (χ2n) is 4.92. The Morgan fingerprint density at radius 1 is 1.44 bits per heavy atom. The van der Waals surface area contributed by atoms with E-state index in [4.69, 9.17) is 9.26 Å². The van der Waals surface area contributed by atoms with Gasteiger partial charge in [0.25, 0.3) is 0 Å². The predicted molar refractivity (Wildman–Crippen MR) is 68.1 cm³/mol. The van der Waals surface area contributed by atoms with Crippen LogP contribution in [0.4, 0.5) is 0 Å². The summed E-state index contributed by atoms with van der Waals surface area (Å²) >= 11 is 0. The topological polar surface area (TPSA) is 60.2 Å². The fourth-order valence-corrected chi connectivity index (χ4v) is 2.45. The van der Waals surface area contributed by atoms with Crippen LogP contribution in [-0.4, -0.2) is 23.3 Å². The van der Waals surface area contributed by atoms with Gasteiger partial charge >= 0.3 is 0 Å². The van der Waals surface area contributed by atoms with Gasteiger partial charge in [-0.2, -0.15) is 4.98 Å². The quantitative estimate of drug-likeness (QED) is 0.809. The Morgan fingerprint density at radius 2 is 2.22 bits per heavy atom. The molecule has 0 aliphatic heterocycles. The molecule has 0 amide bonds. The molecule has 0 bridgehead atoms. The average Bonchev–Trinajstić information content (AvgIpc) is 3.04. The first-order valence-corrected chi connectivity index (χ1v) is 6.92. The maximum atomic E-state index is 5.36. The van der Waals surface area contributed by atoms with Gasteiger partial charge in [-0.15, -0.1) is 0 Å². The van der Waals surface area contributed by atoms with E-state index in [1.165, 1.54) is 25.7 Å². The van der Waals surface area contributed by atoms with E-state index in [0.29, 0.717) is 24.3 Å². The molecule has 0 saturated heterocycles. The molecule has 0 radical (unpaired) electrons. The van der Waals surface area contributed by atoms with Gasteiger partial charge in [0.15, 0.2) is 0 Å². The van der Waals surface area contributed by atoms with E-state index >= 15 is 0 Å². The van der Waals surface area contributed by atoms with E-state index in [-0.39, 0.29) is 6.10 Å². The first-order valence-electron chi connectivity index (χ1n) is 6.92. The molecule has 1 fully saturated rings. The Bertz CT molecular complexity index is 348. The van der Waals surface area contributed by atoms with Crippen molar-refractivity contribution in [3.8, 4) is 0 Å². The minimum atomic E-state index is -0.0426. The molecule has 102 valence electrons. The maximum Gasteiger partial charge on any atom is 0.240 e. The van der Waals surface area contributed by atoms with Crippen LogP contribution in [0.2, 0.25) is 0 Å². The fraction of sp³-hybridized carbons (Fsp3) is 0.846. The molecule has 5 nitrogen and oxygen atoms in total. The van der Waals surface area contributed by atoms with Crippen molar-refractivity contribution in [1.82, 2.24) is 15.5 Å². The highest BCUT2D eigenvalue weighted by Gasteiger charge is 2.18. The van der Waals surface area contributed by atoms with Crippen molar-refractivity contribution in [2.45, 2.75) is 64.1 Å². The second-order valence-corrected chi connectivity index (χ2v) is 4.92. The molecule has 2 rings (SSSR count). The summed E-state index contributed by atoms with van der Waals surface area (Å²) in [7, 11) is 1.69. The highest BCUT2D eigenvalue weighted by atomic mass is 16.5. The molecule has 18 heavy (non-hydrogen) atoms. The largest absolute Gasteiger partial charge is 0.373 e. The maximum absolute atomic E-state index is 5.36. The minimum Gasteiger partial charge on any atom is -0.373 e. The summed E-state index contributed by atoms with van der Waals surface area (Å²) in [5.41, 5.74) is 0. The van der Waals surface area contributed by atoms with Gasteiger partial charge in [-0.1, -0.05) is 31.3 Å². The highest BCUT2D eigenvalue weighted by Crippen LogP contribution is 2.20. The number of nitrogens with one attached hydrogen (secondary N) is 1. The zero-order chi connectivity index (χ0) is 12.8. The lowest BCUT2D eigenvalue weighted by molar-refractivity contribution is 0.0854. The van der Waals surface area contributed by atoms with Crippen molar-refractivity contribution in [1.29, 1.82) is 0 Å². The van der Waals surface area contributed by atoms with Crippen LogP contribution in [0.3, 0.4) is 0 Å². The van der Waals surface area contributed by atoms with Crippen molar-refractivity contribution in [2.24, 2.45) is 0 Å². The van der Waals surface area contributed by atoms with E-state index in [9.17, 15) is 0 Å². The molecule has 5 heteroatoms. The Kier molecular flexibility index (Phi) is 5.13. The van der Waals surface area contributed by atoms with Crippen molar-refractivity contribution in [3.05, 3.63) is 11.7 Å². The van der Waals surface area contributed by atoms with Gasteiger partial charge in [-0.3, -0.25) is 0 Å². The minimum absolute atomic E-state index is 0.0426. The van der Waals surface area contributed by atoms with Gasteiger partial charge in [0.1, 0.15) is 6.10 Å². The Balaban J connectivity index is 1.84. The molecule has 0 aromatic carbocycles. The number of hydrogen-bond acceptors (Lipinski definition) is 5. The molecule has 1 unspecified atom stereocenters. The standard InChI is InChI=1S/C13H23N3O2/c1-3-6-11(17-2)13-15-12(18-16-13)9-14-10-7-4-5-8-10/h10-11,14H,3-9H2,1-2H3. The predicted octanol–water partition coefficient (Wildman–Crippen LogP) is 2.59. The monoisotopic (exact) mass is 253 g/mol. The van der Waals surface area contributed by atoms with E-state index in [2.05, 4.69) is 22.4 Å². The van der Waals surface area contributed by atoms with Gasteiger partial charge < -0.3 is 14.6 Å². The Labute approximate surface area is 108 Å². The molecular weight excluding hydrogens is 230 g/mol. The summed E-state index contributed by atoms with van der Waals surface area (Å²) in [6.07, 6.45) is 7.10. The van der Waals surface area contributed by atoms with Gasteiger partial charge in [-0.25, -0.2) is 0 Å². The zero-order valence-corrected chi connectivity index (χ0v) is 11.3. The number of aromatic nitrogens is 2. The smallest absolute Gasteiger partial charge is 0.240 e. The van der Waals surface area contributed by atoms with Crippen LogP contribution >= 0.6 is 0 Å². The SMILES string of the molecule is CCCC(OC)c1noc(CNC2CCCC2)n1. The van der Waals surface area contributed by atoms with Crippen LogP contribution in [0.15, 0.2) is 4.52 Å². The number of rotatable bonds is 7. The Morgan fingerprint density at radius 3 is 2.89 bits per heavy atom. The van der Waals surface area contributed by atoms with E-state index in [1.54, 1.807) is 7.11 Å². The highest BCUT2D eigenvalue weighted by molar-refractivity contribution is 4.91. The van der Waals surface area contributed by atoms with Crippen LogP contribution in [0.1, 0.15) is 63.3 Å². The zero-order valence-electron chi connectivity index (χ0n) is 11.3. The Hall–Kier alpha value is -0.940. The first-order chi connectivity index (χ1) is 8.83. The van der Waals surface area contributed by atoms with Crippen LogP contribution in [0, 0.1) is 0 Å². The molecule has 1 saturated carbocycles. The number of nitrogens with zero attached hydrogens (tertiary/aromatic N) is 2. The van der Waals surface area contributed by atoms with Crippen LogP contribution in [-0.2, 0) is 11.3 Å². The number of methoxy groups -OCH3 is 1. The second kappa shape index (κ2) is 6.85. The van der Waals surface area contributed by atoms with Crippen LogP contribution in [0.25, 0.3) is 0 Å². The van der Waals surface area contributed by atoms with Gasteiger partial charge in [-0.05, 0) is 19.3 Å².